The van der Waals surface area contributed by atoms with Crippen molar-refractivity contribution in [3.8, 4) is 0 Å². The van der Waals surface area contributed by atoms with Gasteiger partial charge in [0.05, 0.1) is 12.8 Å². The minimum Gasteiger partial charge on any atom is -0.297 e. The van der Waals surface area contributed by atoms with Gasteiger partial charge in [0.1, 0.15) is 0 Å². The molecule has 0 bridgehead atoms. The van der Waals surface area contributed by atoms with Crippen LogP contribution in [0, 0.1) is 0 Å². The maximum Gasteiger partial charge on any atom is 0.254 e. The van der Waals surface area contributed by atoms with Crippen molar-refractivity contribution >= 4 is 18.2 Å². The molecular formula is C23H28N4O. The smallest absolute Gasteiger partial charge is 0.254 e. The molecule has 28 heavy (non-hydrogen) atoms. The van der Waals surface area contributed by atoms with Crippen LogP contribution in [-0.2, 0) is 11.3 Å². The van der Waals surface area contributed by atoms with Crippen LogP contribution in [0.4, 0.5) is 0 Å². The van der Waals surface area contributed by atoms with Crippen molar-refractivity contribution in [2.24, 2.45) is 5.10 Å². The molecule has 0 unspecified atom stereocenters. The van der Waals surface area contributed by atoms with Gasteiger partial charge < -0.3 is 0 Å². The van der Waals surface area contributed by atoms with Gasteiger partial charge in [-0.3, -0.25) is 14.6 Å². The third-order valence-corrected chi connectivity index (χ3v) is 4.73. The molecule has 1 saturated heterocycles. The summed E-state index contributed by atoms with van der Waals surface area (Å²) in [5, 5.41) is 4.07. The van der Waals surface area contributed by atoms with Gasteiger partial charge in [-0.05, 0) is 23.6 Å². The molecule has 0 atom stereocenters. The normalized spacial score (nSPS) is 16.4. The lowest BCUT2D eigenvalue weighted by atomic mass is 10.1. The number of hydrazone groups is 1. The summed E-state index contributed by atoms with van der Waals surface area (Å²) in [5.41, 5.74) is 6.07. The fourth-order valence-electron chi connectivity index (χ4n) is 3.24. The average molecular weight is 377 g/mol. The Morgan fingerprint density at radius 1 is 0.964 bits per heavy atom. The van der Waals surface area contributed by atoms with Gasteiger partial charge >= 0.3 is 0 Å². The largest absolute Gasteiger partial charge is 0.297 e. The third-order valence-electron chi connectivity index (χ3n) is 4.73. The third kappa shape index (κ3) is 6.76. The number of nitrogens with one attached hydrogen (secondary N) is 1. The van der Waals surface area contributed by atoms with E-state index in [1.807, 2.05) is 49.4 Å². The maximum atomic E-state index is 12.1. The summed E-state index contributed by atoms with van der Waals surface area (Å²) in [6, 6.07) is 20.6. The van der Waals surface area contributed by atoms with E-state index in [0.29, 0.717) is 6.54 Å². The molecule has 3 rings (SSSR count). The van der Waals surface area contributed by atoms with Crippen LogP contribution >= 0.6 is 0 Å². The van der Waals surface area contributed by atoms with Crippen molar-refractivity contribution < 1.29 is 4.79 Å². The molecule has 5 nitrogen and oxygen atoms in total. The van der Waals surface area contributed by atoms with E-state index in [9.17, 15) is 4.79 Å². The van der Waals surface area contributed by atoms with Gasteiger partial charge in [-0.25, -0.2) is 5.43 Å². The summed E-state index contributed by atoms with van der Waals surface area (Å²) in [6.45, 7) is 7.08. The van der Waals surface area contributed by atoms with Crippen LogP contribution in [0.3, 0.4) is 0 Å². The van der Waals surface area contributed by atoms with E-state index in [2.05, 4.69) is 44.6 Å². The van der Waals surface area contributed by atoms with Crippen LogP contribution in [0.5, 0.6) is 0 Å². The molecule has 146 valence electrons. The van der Waals surface area contributed by atoms with E-state index in [-0.39, 0.29) is 5.91 Å². The number of carbonyl (C=O) groups is 1. The Hall–Kier alpha value is -2.76. The topological polar surface area (TPSA) is 47.9 Å². The van der Waals surface area contributed by atoms with Crippen molar-refractivity contribution in [2.75, 3.05) is 32.7 Å². The molecule has 0 saturated carbocycles. The van der Waals surface area contributed by atoms with Gasteiger partial charge in [-0.15, -0.1) is 0 Å². The zero-order valence-corrected chi connectivity index (χ0v) is 16.4. The van der Waals surface area contributed by atoms with Crippen LogP contribution in [0.1, 0.15) is 18.1 Å². The standard InChI is InChI=1S/C23H28N4O/c1-20(16-21-8-4-2-5-9-21)17-24-25-23(28)19-27-14-12-26(13-15-27)18-22-10-6-3-7-11-22/h2-11,16-17H,12-15,18-19H2,1H3,(H,25,28)/b20-16+,24-17?. The van der Waals surface area contributed by atoms with Crippen LogP contribution in [0.15, 0.2) is 71.3 Å². The number of nitrogens with zero attached hydrogens (tertiary/aromatic N) is 3. The Morgan fingerprint density at radius 3 is 2.25 bits per heavy atom. The molecule has 1 aliphatic rings. The molecule has 0 radical (unpaired) electrons. The summed E-state index contributed by atoms with van der Waals surface area (Å²) in [6.07, 6.45) is 3.71. The molecule has 2 aromatic rings. The van der Waals surface area contributed by atoms with Gasteiger partial charge in [-0.2, -0.15) is 5.10 Å². The molecule has 2 aromatic carbocycles. The fourth-order valence-corrected chi connectivity index (χ4v) is 3.24. The van der Waals surface area contributed by atoms with E-state index in [1.165, 1.54) is 5.56 Å². The van der Waals surface area contributed by atoms with Crippen LogP contribution in [0.2, 0.25) is 0 Å². The summed E-state index contributed by atoms with van der Waals surface area (Å²) in [5.74, 6) is -0.0692. The maximum absolute atomic E-state index is 12.1. The summed E-state index contributed by atoms with van der Waals surface area (Å²) < 4.78 is 0. The van der Waals surface area contributed by atoms with Gasteiger partial charge in [0.15, 0.2) is 0 Å². The lowest BCUT2D eigenvalue weighted by molar-refractivity contribution is -0.122. The lowest BCUT2D eigenvalue weighted by Gasteiger charge is -2.34. The number of amides is 1. The van der Waals surface area contributed by atoms with E-state index >= 15 is 0 Å². The Labute approximate surface area is 167 Å². The minimum atomic E-state index is -0.0692. The molecule has 1 N–H and O–H groups in total. The van der Waals surface area contributed by atoms with Crippen molar-refractivity contribution in [2.45, 2.75) is 13.5 Å². The number of rotatable bonds is 7. The van der Waals surface area contributed by atoms with Gasteiger partial charge in [0, 0.05) is 32.7 Å². The zero-order chi connectivity index (χ0) is 19.6. The second-order valence-corrected chi connectivity index (χ2v) is 7.13. The van der Waals surface area contributed by atoms with Crippen LogP contribution in [-0.4, -0.2) is 54.6 Å². The second-order valence-electron chi connectivity index (χ2n) is 7.13. The molecule has 0 aliphatic carbocycles. The molecular weight excluding hydrogens is 348 g/mol. The highest BCUT2D eigenvalue weighted by Gasteiger charge is 2.18. The molecule has 1 heterocycles. The SMILES string of the molecule is C/C(C=NNC(=O)CN1CCN(Cc2ccccc2)CC1)=C\c1ccccc1. The van der Waals surface area contributed by atoms with E-state index in [1.54, 1.807) is 6.21 Å². The number of carbonyl (C=O) groups excluding carboxylic acids is 1. The monoisotopic (exact) mass is 376 g/mol. The minimum absolute atomic E-state index is 0.0692. The Balaban J connectivity index is 1.37. The Morgan fingerprint density at radius 2 is 1.57 bits per heavy atom. The van der Waals surface area contributed by atoms with Crippen molar-refractivity contribution in [1.29, 1.82) is 0 Å². The van der Waals surface area contributed by atoms with Gasteiger partial charge in [0.25, 0.3) is 5.91 Å². The summed E-state index contributed by atoms with van der Waals surface area (Å²) in [7, 11) is 0. The van der Waals surface area contributed by atoms with Gasteiger partial charge in [0.2, 0.25) is 0 Å². The van der Waals surface area contributed by atoms with Crippen molar-refractivity contribution in [1.82, 2.24) is 15.2 Å². The van der Waals surface area contributed by atoms with Crippen molar-refractivity contribution in [3.63, 3.8) is 0 Å². The van der Waals surface area contributed by atoms with Gasteiger partial charge in [-0.1, -0.05) is 66.7 Å². The first-order valence-corrected chi connectivity index (χ1v) is 9.73. The second kappa shape index (κ2) is 10.5. The summed E-state index contributed by atoms with van der Waals surface area (Å²) in [4.78, 5) is 16.7. The predicted octanol–water partition coefficient (Wildman–Crippen LogP) is 3.01. The highest BCUT2D eigenvalue weighted by Crippen LogP contribution is 2.08. The molecule has 1 fully saturated rings. The fraction of sp³-hybridized carbons (Fsp3) is 0.304. The van der Waals surface area contributed by atoms with Crippen molar-refractivity contribution in [3.05, 3.63) is 77.4 Å². The quantitative estimate of drug-likeness (QED) is 0.597. The number of allylic oxidation sites excluding steroid dienone is 1. The average Bonchev–Trinajstić information content (AvgIpc) is 2.71. The first-order chi connectivity index (χ1) is 13.7. The zero-order valence-electron chi connectivity index (χ0n) is 16.4. The van der Waals surface area contributed by atoms with E-state index in [4.69, 9.17) is 0 Å². The first kappa shape index (κ1) is 20.0. The number of benzene rings is 2. The highest BCUT2D eigenvalue weighted by atomic mass is 16.2. The highest BCUT2D eigenvalue weighted by molar-refractivity contribution is 5.86. The molecule has 0 spiro atoms. The number of hydrogen-bond acceptors (Lipinski definition) is 4. The number of piperazine rings is 1. The number of hydrogen-bond donors (Lipinski definition) is 1. The lowest BCUT2D eigenvalue weighted by Crippen LogP contribution is -2.48. The Kier molecular flexibility index (Phi) is 7.53. The molecule has 1 amide bonds. The molecule has 1 aliphatic heterocycles. The first-order valence-electron chi connectivity index (χ1n) is 9.73. The molecule has 0 aromatic heterocycles. The van der Waals surface area contributed by atoms with Crippen LogP contribution in [0.25, 0.3) is 6.08 Å². The predicted molar refractivity (Wildman–Crippen MR) is 115 cm³/mol. The Bertz CT molecular complexity index is 794. The molecule has 5 heteroatoms. The van der Waals surface area contributed by atoms with E-state index < -0.39 is 0 Å². The van der Waals surface area contributed by atoms with Crippen LogP contribution < -0.4 is 5.43 Å². The summed E-state index contributed by atoms with van der Waals surface area (Å²) >= 11 is 0. The van der Waals surface area contributed by atoms with E-state index in [0.717, 1.165) is 43.9 Å².